The Labute approximate surface area is 168 Å². The highest BCUT2D eigenvalue weighted by molar-refractivity contribution is 5.80. The molecule has 2 heterocycles. The van der Waals surface area contributed by atoms with E-state index in [4.69, 9.17) is 0 Å². The van der Waals surface area contributed by atoms with Crippen molar-refractivity contribution in [3.05, 3.63) is 47.0 Å². The van der Waals surface area contributed by atoms with Gasteiger partial charge in [0.05, 0.1) is 6.04 Å². The zero-order chi connectivity index (χ0) is 19.8. The average Bonchev–Trinajstić information content (AvgIpc) is 2.95. The summed E-state index contributed by atoms with van der Waals surface area (Å²) in [5, 5.41) is 15.7. The molecule has 28 heavy (non-hydrogen) atoms. The Kier molecular flexibility index (Phi) is 7.46. The Hall–Kier alpha value is -2.37. The molecule has 0 saturated carbocycles. The first kappa shape index (κ1) is 20.4. The van der Waals surface area contributed by atoms with E-state index in [1.807, 2.05) is 7.05 Å². The minimum absolute atomic E-state index is 0.212. The summed E-state index contributed by atoms with van der Waals surface area (Å²) < 4.78 is 2.34. The second-order valence-corrected chi connectivity index (χ2v) is 7.56. The van der Waals surface area contributed by atoms with E-state index in [9.17, 15) is 0 Å². The third-order valence-corrected chi connectivity index (χ3v) is 5.52. The van der Waals surface area contributed by atoms with Gasteiger partial charge in [-0.1, -0.05) is 37.6 Å². The van der Waals surface area contributed by atoms with Crippen molar-refractivity contribution in [3.63, 3.8) is 0 Å². The number of aromatic nitrogens is 3. The molecule has 1 aromatic heterocycles. The van der Waals surface area contributed by atoms with Crippen molar-refractivity contribution < 1.29 is 0 Å². The van der Waals surface area contributed by atoms with Gasteiger partial charge in [-0.3, -0.25) is 4.99 Å². The first-order valence-corrected chi connectivity index (χ1v) is 10.7. The van der Waals surface area contributed by atoms with Crippen molar-refractivity contribution in [2.24, 2.45) is 4.99 Å². The molecule has 2 aromatic rings. The van der Waals surface area contributed by atoms with Crippen LogP contribution in [0.25, 0.3) is 0 Å². The fourth-order valence-corrected chi connectivity index (χ4v) is 3.71. The normalized spacial score (nSPS) is 15.6. The summed E-state index contributed by atoms with van der Waals surface area (Å²) in [4.78, 5) is 4.37. The SMILES string of the molecule is CCc1ccc(C(C)NC(=NC)NCCCc2nnc3n2CCCCC3)cc1. The number of aryl methyl sites for hydroxylation is 3. The number of rotatable bonds is 7. The van der Waals surface area contributed by atoms with Gasteiger partial charge in [-0.05, 0) is 43.7 Å². The number of hydrogen-bond donors (Lipinski definition) is 2. The van der Waals surface area contributed by atoms with Gasteiger partial charge >= 0.3 is 0 Å². The number of nitrogens with zero attached hydrogens (tertiary/aromatic N) is 4. The van der Waals surface area contributed by atoms with Gasteiger partial charge < -0.3 is 15.2 Å². The minimum Gasteiger partial charge on any atom is -0.356 e. The molecule has 1 unspecified atom stereocenters. The molecule has 0 fully saturated rings. The number of hydrogen-bond acceptors (Lipinski definition) is 3. The Morgan fingerprint density at radius 1 is 1.18 bits per heavy atom. The van der Waals surface area contributed by atoms with Gasteiger partial charge in [0.25, 0.3) is 0 Å². The molecular weight excluding hydrogens is 348 g/mol. The van der Waals surface area contributed by atoms with E-state index in [0.717, 1.165) is 50.6 Å². The van der Waals surface area contributed by atoms with Gasteiger partial charge in [0.15, 0.2) is 5.96 Å². The zero-order valence-electron chi connectivity index (χ0n) is 17.5. The van der Waals surface area contributed by atoms with Crippen LogP contribution in [0.4, 0.5) is 0 Å². The Morgan fingerprint density at radius 3 is 2.75 bits per heavy atom. The molecule has 1 aromatic carbocycles. The van der Waals surface area contributed by atoms with Crippen LogP contribution in [0, 0.1) is 0 Å². The first-order valence-electron chi connectivity index (χ1n) is 10.7. The lowest BCUT2D eigenvalue weighted by Crippen LogP contribution is -2.39. The van der Waals surface area contributed by atoms with Gasteiger partial charge in [-0.25, -0.2) is 0 Å². The van der Waals surface area contributed by atoms with Gasteiger partial charge in [-0.15, -0.1) is 10.2 Å². The van der Waals surface area contributed by atoms with Crippen LogP contribution in [-0.2, 0) is 25.8 Å². The van der Waals surface area contributed by atoms with Crippen LogP contribution >= 0.6 is 0 Å². The summed E-state index contributed by atoms with van der Waals surface area (Å²) >= 11 is 0. The number of nitrogens with one attached hydrogen (secondary N) is 2. The van der Waals surface area contributed by atoms with E-state index in [-0.39, 0.29) is 6.04 Å². The number of benzene rings is 1. The largest absolute Gasteiger partial charge is 0.356 e. The Balaban J connectivity index is 1.45. The van der Waals surface area contributed by atoms with Crippen LogP contribution in [0.2, 0.25) is 0 Å². The maximum atomic E-state index is 4.42. The standard InChI is InChI=1S/C22H34N6/c1-4-18-11-13-19(14-12-18)17(2)25-22(23-3)24-15-8-10-21-27-26-20-9-6-5-7-16-28(20)21/h11-14,17H,4-10,15-16H2,1-3H3,(H2,23,24,25). The van der Waals surface area contributed by atoms with Crippen LogP contribution < -0.4 is 10.6 Å². The smallest absolute Gasteiger partial charge is 0.191 e. The fraction of sp³-hybridized carbons (Fsp3) is 0.591. The van der Waals surface area contributed by atoms with Crippen molar-refractivity contribution in [3.8, 4) is 0 Å². The maximum Gasteiger partial charge on any atom is 0.191 e. The quantitative estimate of drug-likeness (QED) is 0.437. The molecule has 0 spiro atoms. The van der Waals surface area contributed by atoms with Crippen molar-refractivity contribution >= 4 is 5.96 Å². The van der Waals surface area contributed by atoms with E-state index < -0.39 is 0 Å². The predicted octanol–water partition coefficient (Wildman–Crippen LogP) is 3.43. The molecule has 0 bridgehead atoms. The molecule has 1 aliphatic rings. The summed E-state index contributed by atoms with van der Waals surface area (Å²) in [7, 11) is 1.82. The van der Waals surface area contributed by atoms with Gasteiger partial charge in [0, 0.05) is 33.0 Å². The molecule has 6 heteroatoms. The lowest BCUT2D eigenvalue weighted by molar-refractivity contribution is 0.592. The molecule has 1 atom stereocenters. The Bertz CT molecular complexity index is 762. The topological polar surface area (TPSA) is 67.1 Å². The number of guanidine groups is 1. The van der Waals surface area contributed by atoms with E-state index >= 15 is 0 Å². The lowest BCUT2D eigenvalue weighted by Gasteiger charge is -2.18. The fourth-order valence-electron chi connectivity index (χ4n) is 3.71. The van der Waals surface area contributed by atoms with Crippen LogP contribution in [0.3, 0.4) is 0 Å². The predicted molar refractivity (Wildman–Crippen MR) is 115 cm³/mol. The first-order chi connectivity index (χ1) is 13.7. The summed E-state index contributed by atoms with van der Waals surface area (Å²) in [6.07, 6.45) is 7.87. The second kappa shape index (κ2) is 10.2. The number of aliphatic imine (C=N–C) groups is 1. The molecule has 0 saturated heterocycles. The van der Waals surface area contributed by atoms with Crippen LogP contribution in [0.1, 0.15) is 68.3 Å². The van der Waals surface area contributed by atoms with Crippen molar-refractivity contribution in [2.45, 2.75) is 71.4 Å². The molecule has 0 radical (unpaired) electrons. The lowest BCUT2D eigenvalue weighted by atomic mass is 10.1. The van der Waals surface area contributed by atoms with Crippen molar-refractivity contribution in [2.75, 3.05) is 13.6 Å². The molecule has 152 valence electrons. The molecule has 0 aliphatic carbocycles. The summed E-state index contributed by atoms with van der Waals surface area (Å²) in [5.74, 6) is 3.14. The van der Waals surface area contributed by atoms with Gasteiger partial charge in [0.2, 0.25) is 0 Å². The van der Waals surface area contributed by atoms with Crippen LogP contribution in [0.5, 0.6) is 0 Å². The van der Waals surface area contributed by atoms with Gasteiger partial charge in [0.1, 0.15) is 11.6 Å². The van der Waals surface area contributed by atoms with E-state index in [0.29, 0.717) is 0 Å². The highest BCUT2D eigenvalue weighted by Crippen LogP contribution is 2.15. The molecule has 2 N–H and O–H groups in total. The second-order valence-electron chi connectivity index (χ2n) is 7.56. The summed E-state index contributed by atoms with van der Waals surface area (Å²) in [6, 6.07) is 9.00. The summed E-state index contributed by atoms with van der Waals surface area (Å²) in [5.41, 5.74) is 2.64. The molecular formula is C22H34N6. The third-order valence-electron chi connectivity index (χ3n) is 5.52. The third kappa shape index (κ3) is 5.33. The van der Waals surface area contributed by atoms with Crippen LogP contribution in [-0.4, -0.2) is 34.3 Å². The highest BCUT2D eigenvalue weighted by Gasteiger charge is 2.14. The maximum absolute atomic E-state index is 4.42. The molecule has 0 amide bonds. The zero-order valence-corrected chi connectivity index (χ0v) is 17.5. The molecule has 1 aliphatic heterocycles. The molecule has 6 nitrogen and oxygen atoms in total. The average molecular weight is 383 g/mol. The van der Waals surface area contributed by atoms with Crippen molar-refractivity contribution in [1.82, 2.24) is 25.4 Å². The monoisotopic (exact) mass is 382 g/mol. The highest BCUT2D eigenvalue weighted by atomic mass is 15.3. The van der Waals surface area contributed by atoms with E-state index in [1.165, 1.54) is 36.2 Å². The van der Waals surface area contributed by atoms with E-state index in [1.54, 1.807) is 0 Å². The van der Waals surface area contributed by atoms with Crippen LogP contribution in [0.15, 0.2) is 29.3 Å². The minimum atomic E-state index is 0.212. The van der Waals surface area contributed by atoms with Gasteiger partial charge in [-0.2, -0.15) is 0 Å². The summed E-state index contributed by atoms with van der Waals surface area (Å²) in [6.45, 7) is 6.28. The van der Waals surface area contributed by atoms with Crippen molar-refractivity contribution in [1.29, 1.82) is 0 Å². The number of fused-ring (bicyclic) bond motifs is 1. The Morgan fingerprint density at radius 2 is 2.00 bits per heavy atom. The molecule has 3 rings (SSSR count). The van der Waals surface area contributed by atoms with E-state index in [2.05, 4.69) is 68.5 Å².